The summed E-state index contributed by atoms with van der Waals surface area (Å²) in [5.41, 5.74) is 1.59. The van der Waals surface area contributed by atoms with Crippen LogP contribution in [0.3, 0.4) is 0 Å². The number of benzene rings is 2. The molecular weight excluding hydrogens is 324 g/mol. The Morgan fingerprint density at radius 1 is 0.880 bits per heavy atom. The number of hydrogen-bond acceptors (Lipinski definition) is 6. The lowest BCUT2D eigenvalue weighted by Gasteiger charge is -2.09. The van der Waals surface area contributed by atoms with Crippen molar-refractivity contribution in [3.05, 3.63) is 59.2 Å². The summed E-state index contributed by atoms with van der Waals surface area (Å²) >= 11 is 0. The molecule has 0 spiro atoms. The molecule has 2 aromatic carbocycles. The van der Waals surface area contributed by atoms with E-state index < -0.39 is 5.97 Å². The topological polar surface area (TPSA) is 71.1 Å². The molecule has 2 aromatic rings. The fourth-order valence-corrected chi connectivity index (χ4v) is 2.26. The number of hydrogen-bond donors (Lipinski definition) is 0. The van der Waals surface area contributed by atoms with Crippen molar-refractivity contribution in [2.24, 2.45) is 0 Å². The molecule has 0 atom stereocenters. The highest BCUT2D eigenvalue weighted by atomic mass is 16.5. The summed E-state index contributed by atoms with van der Waals surface area (Å²) < 4.78 is 20.4. The minimum absolute atomic E-state index is 0.331. The minimum atomic E-state index is -0.563. The standard InChI is InChI=1S/C19H20O6/c1-22-11-13-5-4-6-15(9-13)19(21)25-12-16(20)14-7-8-17(23-2)18(10-14)24-3/h4-10H,11-12H2,1-3H3. The SMILES string of the molecule is COCc1cccc(C(=O)OCC(=O)c2ccc(OC)c(OC)c2)c1. The second-order valence-electron chi connectivity index (χ2n) is 5.20. The van der Waals surface area contributed by atoms with Crippen LogP contribution >= 0.6 is 0 Å². The molecule has 0 amide bonds. The first kappa shape index (κ1) is 18.5. The summed E-state index contributed by atoms with van der Waals surface area (Å²) in [7, 11) is 4.57. The lowest BCUT2D eigenvalue weighted by molar-refractivity contribution is 0.0474. The van der Waals surface area contributed by atoms with Gasteiger partial charge in [-0.25, -0.2) is 4.79 Å². The average molecular weight is 344 g/mol. The van der Waals surface area contributed by atoms with Crippen molar-refractivity contribution in [1.29, 1.82) is 0 Å². The molecule has 0 aliphatic heterocycles. The molecule has 2 rings (SSSR count). The quantitative estimate of drug-likeness (QED) is 0.542. The molecule has 0 aliphatic carbocycles. The predicted octanol–water partition coefficient (Wildman–Crippen LogP) is 2.89. The molecule has 0 aliphatic rings. The van der Waals surface area contributed by atoms with E-state index in [0.717, 1.165) is 5.56 Å². The highest BCUT2D eigenvalue weighted by Crippen LogP contribution is 2.27. The Hall–Kier alpha value is -2.86. The van der Waals surface area contributed by atoms with Crippen LogP contribution in [0.1, 0.15) is 26.3 Å². The van der Waals surface area contributed by atoms with E-state index in [4.69, 9.17) is 18.9 Å². The lowest BCUT2D eigenvalue weighted by Crippen LogP contribution is -2.14. The number of carbonyl (C=O) groups excluding carboxylic acids is 2. The minimum Gasteiger partial charge on any atom is -0.493 e. The summed E-state index contributed by atoms with van der Waals surface area (Å²) in [6.45, 7) is 0.0362. The lowest BCUT2D eigenvalue weighted by atomic mass is 10.1. The average Bonchev–Trinajstić information content (AvgIpc) is 2.65. The molecular formula is C19H20O6. The van der Waals surface area contributed by atoms with Gasteiger partial charge in [0.1, 0.15) is 0 Å². The fourth-order valence-electron chi connectivity index (χ4n) is 2.26. The summed E-state index contributed by atoms with van der Waals surface area (Å²) in [5, 5.41) is 0. The molecule has 0 aromatic heterocycles. The molecule has 0 N–H and O–H groups in total. The molecule has 0 bridgehead atoms. The molecule has 0 saturated carbocycles. The van der Waals surface area contributed by atoms with Gasteiger partial charge in [0.25, 0.3) is 0 Å². The Balaban J connectivity index is 2.02. The van der Waals surface area contributed by atoms with E-state index in [-0.39, 0.29) is 12.4 Å². The molecule has 6 heteroatoms. The number of ether oxygens (including phenoxy) is 4. The van der Waals surface area contributed by atoms with Crippen molar-refractivity contribution in [2.75, 3.05) is 27.9 Å². The Labute approximate surface area is 146 Å². The van der Waals surface area contributed by atoms with Crippen LogP contribution in [0.25, 0.3) is 0 Å². The number of rotatable bonds is 8. The van der Waals surface area contributed by atoms with Crippen LogP contribution in [0.15, 0.2) is 42.5 Å². The van der Waals surface area contributed by atoms with Gasteiger partial charge in [0.05, 0.1) is 26.4 Å². The van der Waals surface area contributed by atoms with Gasteiger partial charge in [0.15, 0.2) is 23.9 Å². The van der Waals surface area contributed by atoms with Gasteiger partial charge >= 0.3 is 5.97 Å². The molecule has 0 saturated heterocycles. The van der Waals surface area contributed by atoms with E-state index in [0.29, 0.717) is 29.2 Å². The number of Topliss-reactive ketones (excluding diaryl/α,β-unsaturated/α-hetero) is 1. The number of methoxy groups -OCH3 is 3. The first-order chi connectivity index (χ1) is 12.1. The van der Waals surface area contributed by atoms with Crippen molar-refractivity contribution in [3.8, 4) is 11.5 Å². The fraction of sp³-hybridized carbons (Fsp3) is 0.263. The highest BCUT2D eigenvalue weighted by molar-refractivity contribution is 5.99. The largest absolute Gasteiger partial charge is 0.493 e. The van der Waals surface area contributed by atoms with Gasteiger partial charge in [-0.15, -0.1) is 0 Å². The van der Waals surface area contributed by atoms with Crippen molar-refractivity contribution < 1.29 is 28.5 Å². The Morgan fingerprint density at radius 2 is 1.64 bits per heavy atom. The molecule has 25 heavy (non-hydrogen) atoms. The van der Waals surface area contributed by atoms with Crippen LogP contribution in [0, 0.1) is 0 Å². The molecule has 0 unspecified atom stereocenters. The van der Waals surface area contributed by atoms with Crippen LogP contribution in [0.5, 0.6) is 11.5 Å². The second-order valence-corrected chi connectivity index (χ2v) is 5.20. The van der Waals surface area contributed by atoms with Crippen LogP contribution in [0.4, 0.5) is 0 Å². The highest BCUT2D eigenvalue weighted by Gasteiger charge is 2.14. The van der Waals surface area contributed by atoms with Gasteiger partial charge in [-0.05, 0) is 35.9 Å². The molecule has 0 fully saturated rings. The maximum absolute atomic E-state index is 12.2. The van der Waals surface area contributed by atoms with Crippen molar-refractivity contribution in [2.45, 2.75) is 6.61 Å². The smallest absolute Gasteiger partial charge is 0.338 e. The third kappa shape index (κ3) is 4.81. The van der Waals surface area contributed by atoms with Gasteiger partial charge in [0, 0.05) is 12.7 Å². The molecule has 132 valence electrons. The molecule has 0 heterocycles. The van der Waals surface area contributed by atoms with Crippen LogP contribution in [-0.4, -0.2) is 39.7 Å². The third-order valence-electron chi connectivity index (χ3n) is 3.51. The summed E-state index contributed by atoms with van der Waals surface area (Å²) in [6, 6.07) is 11.7. The van der Waals surface area contributed by atoms with E-state index >= 15 is 0 Å². The van der Waals surface area contributed by atoms with Crippen LogP contribution < -0.4 is 9.47 Å². The second kappa shape index (κ2) is 8.84. The first-order valence-electron chi connectivity index (χ1n) is 7.59. The van der Waals surface area contributed by atoms with E-state index in [1.165, 1.54) is 14.2 Å². The summed E-state index contributed by atoms with van der Waals surface area (Å²) in [5.74, 6) is 0.0621. The summed E-state index contributed by atoms with van der Waals surface area (Å²) in [6.07, 6.45) is 0. The third-order valence-corrected chi connectivity index (χ3v) is 3.51. The van der Waals surface area contributed by atoms with Crippen LogP contribution in [-0.2, 0) is 16.1 Å². The van der Waals surface area contributed by atoms with Gasteiger partial charge in [-0.3, -0.25) is 4.79 Å². The van der Waals surface area contributed by atoms with Crippen molar-refractivity contribution in [1.82, 2.24) is 0 Å². The molecule has 6 nitrogen and oxygen atoms in total. The first-order valence-corrected chi connectivity index (χ1v) is 7.59. The van der Waals surface area contributed by atoms with E-state index in [9.17, 15) is 9.59 Å². The number of ketones is 1. The maximum Gasteiger partial charge on any atom is 0.338 e. The zero-order valence-electron chi connectivity index (χ0n) is 14.4. The summed E-state index contributed by atoms with van der Waals surface area (Å²) in [4.78, 5) is 24.3. The Morgan fingerprint density at radius 3 is 2.32 bits per heavy atom. The van der Waals surface area contributed by atoms with Crippen LogP contribution in [0.2, 0.25) is 0 Å². The van der Waals surface area contributed by atoms with Gasteiger partial charge in [-0.1, -0.05) is 12.1 Å². The Kier molecular flexibility index (Phi) is 6.54. The Bertz CT molecular complexity index is 753. The maximum atomic E-state index is 12.2. The number of carbonyl (C=O) groups is 2. The zero-order chi connectivity index (χ0) is 18.2. The van der Waals surface area contributed by atoms with Gasteiger partial charge < -0.3 is 18.9 Å². The van der Waals surface area contributed by atoms with E-state index in [1.807, 2.05) is 6.07 Å². The number of esters is 1. The van der Waals surface area contributed by atoms with E-state index in [1.54, 1.807) is 43.5 Å². The van der Waals surface area contributed by atoms with E-state index in [2.05, 4.69) is 0 Å². The normalized spacial score (nSPS) is 10.2. The monoisotopic (exact) mass is 344 g/mol. The van der Waals surface area contributed by atoms with Crippen molar-refractivity contribution in [3.63, 3.8) is 0 Å². The van der Waals surface area contributed by atoms with Crippen molar-refractivity contribution >= 4 is 11.8 Å². The molecule has 0 radical (unpaired) electrons. The zero-order valence-corrected chi connectivity index (χ0v) is 14.4. The van der Waals surface area contributed by atoms with Gasteiger partial charge in [-0.2, -0.15) is 0 Å². The van der Waals surface area contributed by atoms with Gasteiger partial charge in [0.2, 0.25) is 0 Å². The predicted molar refractivity (Wildman–Crippen MR) is 91.3 cm³/mol.